The smallest absolute Gasteiger partial charge is 0.411 e. The van der Waals surface area contributed by atoms with E-state index >= 15 is 0 Å². The Morgan fingerprint density at radius 3 is 2.43 bits per heavy atom. The summed E-state index contributed by atoms with van der Waals surface area (Å²) in [4.78, 5) is 12.0. The Kier molecular flexibility index (Phi) is 4.15. The van der Waals surface area contributed by atoms with E-state index in [2.05, 4.69) is 5.32 Å². The van der Waals surface area contributed by atoms with Crippen molar-refractivity contribution >= 4 is 22.6 Å². The van der Waals surface area contributed by atoms with Crippen molar-refractivity contribution in [1.82, 2.24) is 0 Å². The van der Waals surface area contributed by atoms with Crippen LogP contribution >= 0.6 is 0 Å². The van der Waals surface area contributed by atoms with Gasteiger partial charge in [0.15, 0.2) is 0 Å². The van der Waals surface area contributed by atoms with Gasteiger partial charge >= 0.3 is 6.09 Å². The first kappa shape index (κ1) is 14.9. The summed E-state index contributed by atoms with van der Waals surface area (Å²) in [6.45, 7) is 2.00. The zero-order valence-electron chi connectivity index (χ0n) is 12.7. The Labute approximate surface area is 134 Å². The summed E-state index contributed by atoms with van der Waals surface area (Å²) in [5, 5.41) is 14.3. The maximum Gasteiger partial charge on any atom is 0.411 e. The highest BCUT2D eigenvalue weighted by atomic mass is 16.5. The van der Waals surface area contributed by atoms with Crippen molar-refractivity contribution in [3.63, 3.8) is 0 Å². The van der Waals surface area contributed by atoms with E-state index in [4.69, 9.17) is 4.74 Å². The van der Waals surface area contributed by atoms with Gasteiger partial charge in [-0.2, -0.15) is 0 Å². The number of aryl methyl sites for hydroxylation is 1. The molecule has 0 aliphatic carbocycles. The van der Waals surface area contributed by atoms with Gasteiger partial charge in [0.05, 0.1) is 5.69 Å². The van der Waals surface area contributed by atoms with E-state index in [0.29, 0.717) is 16.6 Å². The molecular weight excluding hydrogens is 290 g/mol. The van der Waals surface area contributed by atoms with Crippen LogP contribution in [0.1, 0.15) is 11.1 Å². The van der Waals surface area contributed by atoms with E-state index in [-0.39, 0.29) is 12.4 Å². The molecule has 0 radical (unpaired) electrons. The number of benzene rings is 3. The Bertz CT molecular complexity index is 844. The second-order valence-electron chi connectivity index (χ2n) is 5.32. The Hall–Kier alpha value is -3.01. The van der Waals surface area contributed by atoms with Crippen molar-refractivity contribution in [1.29, 1.82) is 0 Å². The summed E-state index contributed by atoms with van der Waals surface area (Å²) in [7, 11) is 0. The summed E-state index contributed by atoms with van der Waals surface area (Å²) < 4.78 is 5.24. The normalized spacial score (nSPS) is 10.5. The molecule has 0 saturated carbocycles. The summed E-state index contributed by atoms with van der Waals surface area (Å²) >= 11 is 0. The fourth-order valence-electron chi connectivity index (χ4n) is 2.47. The quantitative estimate of drug-likeness (QED) is 0.695. The average Bonchev–Trinajstić information content (AvgIpc) is 2.58. The number of phenolic OH excluding ortho intramolecular Hbond substituents is 1. The molecule has 0 saturated heterocycles. The van der Waals surface area contributed by atoms with Gasteiger partial charge in [0.2, 0.25) is 0 Å². The van der Waals surface area contributed by atoms with Crippen LogP contribution in [0, 0.1) is 6.92 Å². The van der Waals surface area contributed by atoms with Crippen molar-refractivity contribution in [3.05, 3.63) is 71.8 Å². The predicted molar refractivity (Wildman–Crippen MR) is 90.6 cm³/mol. The molecule has 0 aliphatic rings. The Balaban J connectivity index is 1.79. The van der Waals surface area contributed by atoms with Crippen LogP contribution in [0.2, 0.25) is 0 Å². The van der Waals surface area contributed by atoms with E-state index in [1.807, 2.05) is 54.6 Å². The van der Waals surface area contributed by atoms with Gasteiger partial charge in [-0.25, -0.2) is 4.79 Å². The zero-order valence-corrected chi connectivity index (χ0v) is 12.7. The molecule has 3 aromatic carbocycles. The second-order valence-corrected chi connectivity index (χ2v) is 5.32. The number of fused-ring (bicyclic) bond motifs is 1. The highest BCUT2D eigenvalue weighted by Gasteiger charge is 2.11. The average molecular weight is 307 g/mol. The van der Waals surface area contributed by atoms with Crippen LogP contribution in [0.25, 0.3) is 10.8 Å². The molecule has 0 bridgehead atoms. The Morgan fingerprint density at radius 1 is 1.04 bits per heavy atom. The Morgan fingerprint density at radius 2 is 1.70 bits per heavy atom. The highest BCUT2D eigenvalue weighted by Crippen LogP contribution is 2.34. The molecule has 23 heavy (non-hydrogen) atoms. The second kappa shape index (κ2) is 6.40. The molecule has 2 N–H and O–H groups in total. The highest BCUT2D eigenvalue weighted by molar-refractivity contribution is 6.03. The first-order valence-corrected chi connectivity index (χ1v) is 7.34. The van der Waals surface area contributed by atoms with Gasteiger partial charge in [0, 0.05) is 10.8 Å². The van der Waals surface area contributed by atoms with Crippen molar-refractivity contribution < 1.29 is 14.6 Å². The third-order valence-electron chi connectivity index (χ3n) is 3.66. The summed E-state index contributed by atoms with van der Waals surface area (Å²) in [6, 6.07) is 18.6. The lowest BCUT2D eigenvalue weighted by Gasteiger charge is -2.12. The number of hydrogen-bond donors (Lipinski definition) is 2. The monoisotopic (exact) mass is 307 g/mol. The number of rotatable bonds is 3. The SMILES string of the molecule is Cc1cc(NC(=O)OCc2ccccc2)c2ccccc2c1O. The number of carbonyl (C=O) groups excluding carboxylic acids is 1. The molecule has 116 valence electrons. The van der Waals surface area contributed by atoms with Gasteiger partial charge in [-0.1, -0.05) is 54.6 Å². The van der Waals surface area contributed by atoms with E-state index in [0.717, 1.165) is 10.9 Å². The molecule has 3 aromatic rings. The predicted octanol–water partition coefficient (Wildman–Crippen LogP) is 4.60. The van der Waals surface area contributed by atoms with Gasteiger partial charge < -0.3 is 9.84 Å². The number of ether oxygens (including phenoxy) is 1. The number of aromatic hydroxyl groups is 1. The molecule has 0 spiro atoms. The van der Waals surface area contributed by atoms with Crippen LogP contribution < -0.4 is 5.32 Å². The lowest BCUT2D eigenvalue weighted by atomic mass is 10.0. The van der Waals surface area contributed by atoms with Gasteiger partial charge in [-0.15, -0.1) is 0 Å². The molecule has 0 aliphatic heterocycles. The van der Waals surface area contributed by atoms with Crippen molar-refractivity contribution in [2.75, 3.05) is 5.32 Å². The van der Waals surface area contributed by atoms with Crippen LogP contribution in [0.15, 0.2) is 60.7 Å². The minimum atomic E-state index is -0.524. The van der Waals surface area contributed by atoms with Gasteiger partial charge in [-0.3, -0.25) is 5.32 Å². The molecule has 3 rings (SSSR count). The molecule has 0 heterocycles. The fraction of sp³-hybridized carbons (Fsp3) is 0.105. The maximum absolute atomic E-state index is 12.0. The lowest BCUT2D eigenvalue weighted by molar-refractivity contribution is 0.155. The number of carbonyl (C=O) groups is 1. The number of amides is 1. The van der Waals surface area contributed by atoms with E-state index in [9.17, 15) is 9.90 Å². The van der Waals surface area contributed by atoms with Crippen molar-refractivity contribution in [3.8, 4) is 5.75 Å². The van der Waals surface area contributed by atoms with Crippen molar-refractivity contribution in [2.24, 2.45) is 0 Å². The third-order valence-corrected chi connectivity index (χ3v) is 3.66. The first-order chi connectivity index (χ1) is 11.1. The van der Waals surface area contributed by atoms with E-state index in [1.54, 1.807) is 13.0 Å². The summed E-state index contributed by atoms with van der Waals surface area (Å²) in [5.74, 6) is 0.226. The van der Waals surface area contributed by atoms with Crippen LogP contribution in [0.5, 0.6) is 5.75 Å². The van der Waals surface area contributed by atoms with Crippen LogP contribution in [0.3, 0.4) is 0 Å². The molecule has 1 amide bonds. The molecule has 0 fully saturated rings. The summed E-state index contributed by atoms with van der Waals surface area (Å²) in [5.41, 5.74) is 2.24. The van der Waals surface area contributed by atoms with E-state index < -0.39 is 6.09 Å². The molecule has 0 unspecified atom stereocenters. The van der Waals surface area contributed by atoms with Crippen molar-refractivity contribution in [2.45, 2.75) is 13.5 Å². The zero-order chi connectivity index (χ0) is 16.2. The minimum Gasteiger partial charge on any atom is -0.507 e. The van der Waals surface area contributed by atoms with Gasteiger partial charge in [0.25, 0.3) is 0 Å². The minimum absolute atomic E-state index is 0.210. The van der Waals surface area contributed by atoms with E-state index in [1.165, 1.54) is 0 Å². The topological polar surface area (TPSA) is 58.6 Å². The number of nitrogens with one attached hydrogen (secondary N) is 1. The number of hydrogen-bond acceptors (Lipinski definition) is 3. The van der Waals surface area contributed by atoms with Crippen LogP contribution in [-0.2, 0) is 11.3 Å². The fourth-order valence-corrected chi connectivity index (χ4v) is 2.47. The standard InChI is InChI=1S/C19H17NO3/c1-13-11-17(15-9-5-6-10-16(15)18(13)21)20-19(22)23-12-14-7-3-2-4-8-14/h2-11,21H,12H2,1H3,(H,20,22). The lowest BCUT2D eigenvalue weighted by Crippen LogP contribution is -2.14. The molecular formula is C19H17NO3. The van der Waals surface area contributed by atoms with Gasteiger partial charge in [-0.05, 0) is 24.1 Å². The largest absolute Gasteiger partial charge is 0.507 e. The van der Waals surface area contributed by atoms with Crippen LogP contribution in [-0.4, -0.2) is 11.2 Å². The van der Waals surface area contributed by atoms with Gasteiger partial charge in [0.1, 0.15) is 12.4 Å². The third kappa shape index (κ3) is 3.26. The first-order valence-electron chi connectivity index (χ1n) is 7.34. The molecule has 4 nitrogen and oxygen atoms in total. The molecule has 0 aromatic heterocycles. The van der Waals surface area contributed by atoms with Crippen LogP contribution in [0.4, 0.5) is 10.5 Å². The maximum atomic E-state index is 12.0. The molecule has 4 heteroatoms. The number of phenols is 1. The molecule has 0 atom stereocenters. The summed E-state index contributed by atoms with van der Waals surface area (Å²) in [6.07, 6.45) is -0.524. The number of anilines is 1.